The van der Waals surface area contributed by atoms with E-state index in [1.807, 2.05) is 0 Å². The van der Waals surface area contributed by atoms with Crippen LogP contribution in [0.15, 0.2) is 18.2 Å². The molecule has 1 aliphatic rings. The summed E-state index contributed by atoms with van der Waals surface area (Å²) in [6.45, 7) is 0.497. The summed E-state index contributed by atoms with van der Waals surface area (Å²) in [6, 6.07) is 2.75. The summed E-state index contributed by atoms with van der Waals surface area (Å²) in [6.07, 6.45) is -3.23. The fraction of sp³-hybridized carbons (Fsp3) is 0.467. The van der Waals surface area contributed by atoms with Crippen LogP contribution in [0, 0.1) is 0 Å². The second-order valence-electron chi connectivity index (χ2n) is 5.13. The van der Waals surface area contributed by atoms with Crippen LogP contribution in [0.2, 0.25) is 0 Å². The maximum Gasteiger partial charge on any atom is 0.416 e. The predicted octanol–water partition coefficient (Wildman–Crippen LogP) is 3.03. The summed E-state index contributed by atoms with van der Waals surface area (Å²) < 4.78 is 48.7. The Morgan fingerprint density at radius 1 is 1.30 bits per heavy atom. The van der Waals surface area contributed by atoms with Crippen LogP contribution in [0.25, 0.3) is 0 Å². The van der Waals surface area contributed by atoms with E-state index >= 15 is 0 Å². The van der Waals surface area contributed by atoms with Gasteiger partial charge < -0.3 is 14.4 Å². The van der Waals surface area contributed by atoms with Crippen LogP contribution >= 0.6 is 12.2 Å². The van der Waals surface area contributed by atoms with Crippen LogP contribution in [-0.2, 0) is 15.7 Å². The standard InChI is InChI=1S/C15H16F3NO3S/c1-21-11-7-9(6-10(8-11)15(16,17)18)13(23)19-5-3-4-12(19)14(20)22-2/h6-8,12H,3-5H2,1-2H3. The zero-order chi connectivity index (χ0) is 17.2. The van der Waals surface area contributed by atoms with Gasteiger partial charge in [-0.3, -0.25) is 0 Å². The quantitative estimate of drug-likeness (QED) is 0.621. The van der Waals surface area contributed by atoms with E-state index in [9.17, 15) is 18.0 Å². The summed E-state index contributed by atoms with van der Waals surface area (Å²) in [5, 5.41) is 0. The molecule has 1 saturated heterocycles. The smallest absolute Gasteiger partial charge is 0.416 e. The van der Waals surface area contributed by atoms with Crippen LogP contribution in [0.5, 0.6) is 5.75 Å². The number of carbonyl (C=O) groups is 1. The molecule has 0 aliphatic carbocycles. The van der Waals surface area contributed by atoms with Crippen molar-refractivity contribution in [2.24, 2.45) is 0 Å². The molecule has 0 spiro atoms. The lowest BCUT2D eigenvalue weighted by atomic mass is 10.1. The number of ether oxygens (including phenoxy) is 2. The van der Waals surface area contributed by atoms with Crippen molar-refractivity contribution in [2.45, 2.75) is 25.1 Å². The van der Waals surface area contributed by atoms with Gasteiger partial charge in [0, 0.05) is 12.1 Å². The Bertz CT molecular complexity index is 618. The lowest BCUT2D eigenvalue weighted by Crippen LogP contribution is -2.40. The van der Waals surface area contributed by atoms with Crippen LogP contribution in [0.3, 0.4) is 0 Å². The molecule has 1 fully saturated rings. The number of carbonyl (C=O) groups excluding carboxylic acids is 1. The van der Waals surface area contributed by atoms with Gasteiger partial charge in [-0.15, -0.1) is 0 Å². The van der Waals surface area contributed by atoms with Gasteiger partial charge in [0.25, 0.3) is 0 Å². The first-order valence-electron chi connectivity index (χ1n) is 6.93. The molecule has 23 heavy (non-hydrogen) atoms. The molecule has 1 aliphatic heterocycles. The molecular formula is C15H16F3NO3S. The minimum Gasteiger partial charge on any atom is -0.497 e. The highest BCUT2D eigenvalue weighted by molar-refractivity contribution is 7.80. The first kappa shape index (κ1) is 17.5. The minimum absolute atomic E-state index is 0.0611. The summed E-state index contributed by atoms with van der Waals surface area (Å²) in [5.41, 5.74) is -0.648. The maximum absolute atomic E-state index is 13.0. The van der Waals surface area contributed by atoms with E-state index in [0.717, 1.165) is 18.6 Å². The number of nitrogens with zero attached hydrogens (tertiary/aromatic N) is 1. The predicted molar refractivity (Wildman–Crippen MR) is 81.4 cm³/mol. The molecule has 1 atom stereocenters. The maximum atomic E-state index is 13.0. The van der Waals surface area contributed by atoms with E-state index in [-0.39, 0.29) is 16.3 Å². The molecular weight excluding hydrogens is 331 g/mol. The number of hydrogen-bond donors (Lipinski definition) is 0. The fourth-order valence-corrected chi connectivity index (χ4v) is 2.90. The second-order valence-corrected chi connectivity index (χ2v) is 5.51. The molecule has 0 aromatic heterocycles. The van der Waals surface area contributed by atoms with E-state index in [2.05, 4.69) is 0 Å². The van der Waals surface area contributed by atoms with Gasteiger partial charge >= 0.3 is 12.1 Å². The van der Waals surface area contributed by atoms with Crippen molar-refractivity contribution >= 4 is 23.2 Å². The number of alkyl halides is 3. The van der Waals surface area contributed by atoms with Crippen molar-refractivity contribution in [2.75, 3.05) is 20.8 Å². The average Bonchev–Trinajstić information content (AvgIpc) is 3.01. The topological polar surface area (TPSA) is 38.8 Å². The average molecular weight is 347 g/mol. The monoisotopic (exact) mass is 347 g/mol. The van der Waals surface area contributed by atoms with Gasteiger partial charge in [-0.05, 0) is 31.0 Å². The van der Waals surface area contributed by atoms with E-state index < -0.39 is 23.8 Å². The van der Waals surface area contributed by atoms with Gasteiger partial charge in [-0.1, -0.05) is 12.2 Å². The Hall–Kier alpha value is -1.83. The molecule has 1 aromatic carbocycles. The summed E-state index contributed by atoms with van der Waals surface area (Å²) in [4.78, 5) is 13.6. The van der Waals surface area contributed by atoms with E-state index in [0.29, 0.717) is 13.0 Å². The highest BCUT2D eigenvalue weighted by atomic mass is 32.1. The number of thiocarbonyl (C=S) groups is 1. The molecule has 126 valence electrons. The molecule has 1 aromatic rings. The largest absolute Gasteiger partial charge is 0.497 e. The zero-order valence-electron chi connectivity index (χ0n) is 12.6. The lowest BCUT2D eigenvalue weighted by molar-refractivity contribution is -0.144. The number of halogens is 3. The van der Waals surface area contributed by atoms with Crippen LogP contribution in [0.1, 0.15) is 24.0 Å². The number of benzene rings is 1. The van der Waals surface area contributed by atoms with Gasteiger partial charge in [-0.2, -0.15) is 13.2 Å². The van der Waals surface area contributed by atoms with Crippen LogP contribution in [0.4, 0.5) is 13.2 Å². The first-order valence-corrected chi connectivity index (χ1v) is 7.34. The molecule has 0 bridgehead atoms. The van der Waals surface area contributed by atoms with E-state index in [4.69, 9.17) is 21.7 Å². The van der Waals surface area contributed by atoms with Crippen molar-refractivity contribution in [3.8, 4) is 5.75 Å². The number of esters is 1. The zero-order valence-corrected chi connectivity index (χ0v) is 13.5. The Balaban J connectivity index is 2.37. The SMILES string of the molecule is COC(=O)C1CCCN1C(=S)c1cc(OC)cc(C(F)(F)F)c1. The van der Waals surface area contributed by atoms with E-state index in [1.54, 1.807) is 4.90 Å². The number of hydrogen-bond acceptors (Lipinski definition) is 4. The lowest BCUT2D eigenvalue weighted by Gasteiger charge is -2.26. The minimum atomic E-state index is -4.51. The van der Waals surface area contributed by atoms with Gasteiger partial charge in [0.2, 0.25) is 0 Å². The van der Waals surface area contributed by atoms with Crippen LogP contribution in [-0.4, -0.2) is 42.7 Å². The molecule has 2 rings (SSSR count). The Morgan fingerprint density at radius 3 is 2.57 bits per heavy atom. The first-order chi connectivity index (χ1) is 10.8. The molecule has 8 heteroatoms. The Morgan fingerprint density at radius 2 is 2.00 bits per heavy atom. The van der Waals surface area contributed by atoms with Crippen LogP contribution < -0.4 is 4.74 Å². The van der Waals surface area contributed by atoms with Crippen molar-refractivity contribution in [3.05, 3.63) is 29.3 Å². The van der Waals surface area contributed by atoms with Crippen molar-refractivity contribution in [3.63, 3.8) is 0 Å². The molecule has 0 N–H and O–H groups in total. The van der Waals surface area contributed by atoms with Gasteiger partial charge in [0.15, 0.2) is 0 Å². The van der Waals surface area contributed by atoms with Crippen molar-refractivity contribution in [1.82, 2.24) is 4.90 Å². The number of rotatable bonds is 3. The van der Waals surface area contributed by atoms with Gasteiger partial charge in [0.05, 0.1) is 19.8 Å². The molecule has 0 radical (unpaired) electrons. The summed E-state index contributed by atoms with van der Waals surface area (Å²) in [5.74, 6) is -0.380. The Labute approximate surface area is 137 Å². The third kappa shape index (κ3) is 3.74. The third-order valence-corrected chi connectivity index (χ3v) is 4.17. The highest BCUT2D eigenvalue weighted by Gasteiger charge is 2.35. The third-order valence-electron chi connectivity index (χ3n) is 3.70. The summed E-state index contributed by atoms with van der Waals surface area (Å²) >= 11 is 5.31. The molecule has 1 unspecified atom stereocenters. The van der Waals surface area contributed by atoms with Crippen molar-refractivity contribution < 1.29 is 27.4 Å². The molecule has 0 amide bonds. The normalized spacial score (nSPS) is 18.0. The molecule has 1 heterocycles. The summed E-state index contributed by atoms with van der Waals surface area (Å²) in [7, 11) is 2.56. The van der Waals surface area contributed by atoms with Gasteiger partial charge in [0.1, 0.15) is 16.8 Å². The Kier molecular flexibility index (Phi) is 5.13. The van der Waals surface area contributed by atoms with E-state index in [1.165, 1.54) is 20.3 Å². The second kappa shape index (κ2) is 6.74. The molecule has 4 nitrogen and oxygen atoms in total. The fourth-order valence-electron chi connectivity index (χ4n) is 2.56. The number of methoxy groups -OCH3 is 2. The number of likely N-dealkylation sites (tertiary alicyclic amines) is 1. The van der Waals surface area contributed by atoms with Gasteiger partial charge in [-0.25, -0.2) is 4.79 Å². The van der Waals surface area contributed by atoms with Crippen molar-refractivity contribution in [1.29, 1.82) is 0 Å². The molecule has 0 saturated carbocycles. The highest BCUT2D eigenvalue weighted by Crippen LogP contribution is 2.33.